The molecule has 0 saturated carbocycles. The predicted octanol–water partition coefficient (Wildman–Crippen LogP) is 4.35. The quantitative estimate of drug-likeness (QED) is 0.272. The molecule has 4 aromatic heterocycles. The Morgan fingerprint density at radius 3 is 2.94 bits per heavy atom. The second-order valence-electron chi connectivity index (χ2n) is 8.27. The normalized spacial score (nSPS) is 12.4. The number of anilines is 1. The summed E-state index contributed by atoms with van der Waals surface area (Å²) in [4.78, 5) is 26.4. The van der Waals surface area contributed by atoms with E-state index in [4.69, 9.17) is 9.97 Å². The van der Waals surface area contributed by atoms with Crippen molar-refractivity contribution in [3.05, 3.63) is 70.8 Å². The number of hydrogen-bond acceptors (Lipinski definition) is 8. The molecular weight excluding hydrogens is 451 g/mol. The molecule has 0 saturated heterocycles. The van der Waals surface area contributed by atoms with Gasteiger partial charge in [0.1, 0.15) is 28.3 Å². The van der Waals surface area contributed by atoms with Crippen molar-refractivity contribution in [2.24, 2.45) is 0 Å². The van der Waals surface area contributed by atoms with Crippen LogP contribution in [0.5, 0.6) is 0 Å². The van der Waals surface area contributed by atoms with Gasteiger partial charge in [-0.3, -0.25) is 4.98 Å². The molecule has 10 heteroatoms. The Kier molecular flexibility index (Phi) is 6.41. The van der Waals surface area contributed by atoms with Gasteiger partial charge in [0.2, 0.25) is 0 Å². The van der Waals surface area contributed by atoms with Crippen LogP contribution in [0.4, 0.5) is 10.2 Å². The molecule has 0 spiro atoms. The maximum absolute atomic E-state index is 13.9. The number of aromatic nitrogens is 6. The van der Waals surface area contributed by atoms with Crippen molar-refractivity contribution >= 4 is 38.5 Å². The van der Waals surface area contributed by atoms with Crippen molar-refractivity contribution in [2.75, 3.05) is 18.4 Å². The molecule has 1 atom stereocenters. The molecular formula is C24H25FN8S. The molecule has 0 fully saturated rings. The summed E-state index contributed by atoms with van der Waals surface area (Å²) in [7, 11) is 0. The Morgan fingerprint density at radius 2 is 2.06 bits per heavy atom. The zero-order valence-corrected chi connectivity index (χ0v) is 19.8. The van der Waals surface area contributed by atoms with E-state index >= 15 is 0 Å². The fourth-order valence-corrected chi connectivity index (χ4v) is 4.64. The van der Waals surface area contributed by atoms with Crippen LogP contribution < -0.4 is 10.6 Å². The number of fused-ring (bicyclic) bond motifs is 2. The Hall–Kier alpha value is -3.50. The Morgan fingerprint density at radius 1 is 1.15 bits per heavy atom. The van der Waals surface area contributed by atoms with E-state index < -0.39 is 0 Å². The Balaban J connectivity index is 1.17. The minimum atomic E-state index is -0.350. The first-order valence-electron chi connectivity index (χ1n) is 11.2. The van der Waals surface area contributed by atoms with Crippen LogP contribution >= 0.6 is 11.3 Å². The molecule has 0 aliphatic carbocycles. The molecule has 5 aromatic rings. The average Bonchev–Trinajstić information content (AvgIpc) is 3.45. The van der Waals surface area contributed by atoms with E-state index in [1.165, 1.54) is 18.0 Å². The monoisotopic (exact) mass is 476 g/mol. The number of thiazole rings is 1. The van der Waals surface area contributed by atoms with Gasteiger partial charge in [-0.25, -0.2) is 24.3 Å². The van der Waals surface area contributed by atoms with Crippen LogP contribution in [0.25, 0.3) is 21.4 Å². The highest BCUT2D eigenvalue weighted by Crippen LogP contribution is 2.25. The van der Waals surface area contributed by atoms with Gasteiger partial charge in [0.25, 0.3) is 0 Å². The van der Waals surface area contributed by atoms with Crippen LogP contribution in [0.1, 0.15) is 34.9 Å². The minimum Gasteiger partial charge on any atom is -0.362 e. The van der Waals surface area contributed by atoms with E-state index in [0.29, 0.717) is 17.0 Å². The topological polar surface area (TPSA) is 104 Å². The maximum atomic E-state index is 13.9. The summed E-state index contributed by atoms with van der Waals surface area (Å²) in [5, 5.41) is 7.62. The first-order chi connectivity index (χ1) is 16.6. The lowest BCUT2D eigenvalue weighted by atomic mass is 10.1. The van der Waals surface area contributed by atoms with Crippen molar-refractivity contribution in [1.29, 1.82) is 0 Å². The number of nitrogens with zero attached hydrogens (tertiary/aromatic N) is 5. The van der Waals surface area contributed by atoms with Gasteiger partial charge in [0, 0.05) is 31.6 Å². The first kappa shape index (κ1) is 22.3. The van der Waals surface area contributed by atoms with Gasteiger partial charge >= 0.3 is 0 Å². The largest absolute Gasteiger partial charge is 0.362 e. The van der Waals surface area contributed by atoms with Gasteiger partial charge in [0.15, 0.2) is 5.82 Å². The summed E-state index contributed by atoms with van der Waals surface area (Å²) in [5.41, 5.74) is 4.33. The lowest BCUT2D eigenvalue weighted by molar-refractivity contribution is 0.597. The van der Waals surface area contributed by atoms with Crippen molar-refractivity contribution in [3.8, 4) is 0 Å². The summed E-state index contributed by atoms with van der Waals surface area (Å²) >= 11 is 1.55. The van der Waals surface area contributed by atoms with Crippen molar-refractivity contribution in [2.45, 2.75) is 32.7 Å². The van der Waals surface area contributed by atoms with Crippen molar-refractivity contribution < 1.29 is 4.39 Å². The van der Waals surface area contributed by atoms with Crippen LogP contribution in [0.15, 0.2) is 42.9 Å². The lowest BCUT2D eigenvalue weighted by Gasteiger charge is -2.09. The molecule has 34 heavy (non-hydrogen) atoms. The van der Waals surface area contributed by atoms with Crippen molar-refractivity contribution in [1.82, 2.24) is 35.2 Å². The summed E-state index contributed by atoms with van der Waals surface area (Å²) < 4.78 is 13.9. The lowest BCUT2D eigenvalue weighted by Crippen LogP contribution is -2.23. The van der Waals surface area contributed by atoms with E-state index in [1.807, 2.05) is 0 Å². The van der Waals surface area contributed by atoms with Gasteiger partial charge in [-0.1, -0.05) is 24.3 Å². The number of pyridine rings is 1. The molecule has 0 radical (unpaired) electrons. The number of halogens is 1. The number of rotatable bonds is 9. The molecule has 1 unspecified atom stereocenters. The van der Waals surface area contributed by atoms with E-state index in [0.717, 1.165) is 46.2 Å². The van der Waals surface area contributed by atoms with Gasteiger partial charge < -0.3 is 15.6 Å². The third-order valence-corrected chi connectivity index (χ3v) is 6.61. The van der Waals surface area contributed by atoms with E-state index in [2.05, 4.69) is 62.6 Å². The predicted molar refractivity (Wildman–Crippen MR) is 133 cm³/mol. The highest BCUT2D eigenvalue weighted by atomic mass is 32.1. The number of H-pyrrole nitrogens is 1. The number of aryl methyl sites for hydroxylation is 1. The molecule has 5 rings (SSSR count). The second-order valence-corrected chi connectivity index (χ2v) is 9.33. The smallest absolute Gasteiger partial charge is 0.157 e. The van der Waals surface area contributed by atoms with Gasteiger partial charge in [0.05, 0.1) is 28.3 Å². The zero-order chi connectivity index (χ0) is 23.5. The van der Waals surface area contributed by atoms with Crippen LogP contribution in [-0.2, 0) is 13.0 Å². The number of nitrogens with one attached hydrogen (secondary N) is 3. The standard InChI is InChI=1S/C24H25FN8S/c1-14-5-6-17-18(10-14)32-22(31-17)15(2)11-26-9-7-20-33-21-23(29-13-30-24(21)34-20)28-12-19-16(25)4-3-8-27-19/h3-6,8,10,13,15,26H,7,9,11-12H2,1-2H3,(H,31,32)(H,28,29,30). The summed E-state index contributed by atoms with van der Waals surface area (Å²) in [5.74, 6) is 1.48. The number of hydrogen-bond donors (Lipinski definition) is 3. The maximum Gasteiger partial charge on any atom is 0.157 e. The molecule has 1 aromatic carbocycles. The molecule has 0 aliphatic rings. The first-order valence-corrected chi connectivity index (χ1v) is 12.0. The zero-order valence-electron chi connectivity index (χ0n) is 19.0. The van der Waals surface area contributed by atoms with E-state index in [-0.39, 0.29) is 18.3 Å². The molecule has 0 aliphatic heterocycles. The van der Waals surface area contributed by atoms with Crippen LogP contribution in [0.2, 0.25) is 0 Å². The third kappa shape index (κ3) is 4.87. The van der Waals surface area contributed by atoms with Crippen LogP contribution in [-0.4, -0.2) is 43.0 Å². The van der Waals surface area contributed by atoms with E-state index in [1.54, 1.807) is 23.6 Å². The second kappa shape index (κ2) is 9.78. The molecule has 3 N–H and O–H groups in total. The molecule has 174 valence electrons. The van der Waals surface area contributed by atoms with Gasteiger partial charge in [-0.15, -0.1) is 0 Å². The fraction of sp³-hybridized carbons (Fsp3) is 0.292. The molecule has 4 heterocycles. The Labute approximate surface area is 200 Å². The summed E-state index contributed by atoms with van der Waals surface area (Å²) in [6.07, 6.45) is 3.84. The summed E-state index contributed by atoms with van der Waals surface area (Å²) in [6, 6.07) is 9.22. The molecule has 0 amide bonds. The fourth-order valence-electron chi connectivity index (χ4n) is 3.74. The average molecular weight is 477 g/mol. The third-order valence-electron chi connectivity index (χ3n) is 5.59. The highest BCUT2D eigenvalue weighted by molar-refractivity contribution is 7.18. The van der Waals surface area contributed by atoms with Gasteiger partial charge in [-0.05, 0) is 36.8 Å². The highest BCUT2D eigenvalue weighted by Gasteiger charge is 2.13. The van der Waals surface area contributed by atoms with Crippen LogP contribution in [0.3, 0.4) is 0 Å². The number of benzene rings is 1. The number of aromatic amines is 1. The molecule has 0 bridgehead atoms. The summed E-state index contributed by atoms with van der Waals surface area (Å²) in [6.45, 7) is 6.07. The van der Waals surface area contributed by atoms with E-state index in [9.17, 15) is 4.39 Å². The van der Waals surface area contributed by atoms with Crippen LogP contribution in [0, 0.1) is 12.7 Å². The van der Waals surface area contributed by atoms with Crippen molar-refractivity contribution in [3.63, 3.8) is 0 Å². The van der Waals surface area contributed by atoms with Gasteiger partial charge in [-0.2, -0.15) is 0 Å². The number of imidazole rings is 1. The molecule has 8 nitrogen and oxygen atoms in total. The SMILES string of the molecule is Cc1ccc2nc(C(C)CNCCc3nc4c(NCc5ncccc5F)ncnc4s3)[nH]c2c1. The Bertz CT molecular complexity index is 1430. The minimum absolute atomic E-state index is 0.229.